The minimum Gasteiger partial charge on any atom is -0.455 e. The predicted molar refractivity (Wildman–Crippen MR) is 97.7 cm³/mol. The third-order valence-electron chi connectivity index (χ3n) is 4.17. The highest BCUT2D eigenvalue weighted by atomic mass is 16.5. The van der Waals surface area contributed by atoms with Crippen molar-refractivity contribution in [3.8, 4) is 0 Å². The van der Waals surface area contributed by atoms with E-state index in [4.69, 9.17) is 4.74 Å². The van der Waals surface area contributed by atoms with E-state index in [-0.39, 0.29) is 25.5 Å². The average molecular weight is 352 g/mol. The summed E-state index contributed by atoms with van der Waals surface area (Å²) in [4.78, 5) is 37.8. The van der Waals surface area contributed by atoms with Crippen LogP contribution in [0.15, 0.2) is 54.6 Å². The number of aryl methyl sites for hydroxylation is 1. The lowest BCUT2D eigenvalue weighted by Gasteiger charge is -2.16. The smallest absolute Gasteiger partial charge is 0.311 e. The van der Waals surface area contributed by atoms with Gasteiger partial charge in [-0.05, 0) is 36.8 Å². The van der Waals surface area contributed by atoms with Gasteiger partial charge in [-0.15, -0.1) is 0 Å². The third-order valence-corrected chi connectivity index (χ3v) is 4.17. The van der Waals surface area contributed by atoms with E-state index in [1.165, 1.54) is 0 Å². The third kappa shape index (κ3) is 4.27. The van der Waals surface area contributed by atoms with Gasteiger partial charge in [-0.1, -0.05) is 30.3 Å². The Kier molecular flexibility index (Phi) is 5.31. The zero-order valence-corrected chi connectivity index (χ0v) is 14.5. The first-order chi connectivity index (χ1) is 12.5. The maximum absolute atomic E-state index is 12.2. The number of esters is 1. The number of carbonyl (C=O) groups excluding carboxylic acids is 3. The van der Waals surface area contributed by atoms with E-state index in [9.17, 15) is 14.4 Å². The number of rotatable bonds is 5. The largest absolute Gasteiger partial charge is 0.455 e. The van der Waals surface area contributed by atoms with Gasteiger partial charge in [0.25, 0.3) is 5.91 Å². The summed E-state index contributed by atoms with van der Waals surface area (Å²) in [6.45, 7) is 1.81. The van der Waals surface area contributed by atoms with Crippen molar-refractivity contribution in [3.63, 3.8) is 0 Å². The minimum atomic E-state index is -0.561. The first-order valence-corrected chi connectivity index (χ1v) is 8.41. The molecule has 0 radical (unpaired) electrons. The van der Waals surface area contributed by atoms with Gasteiger partial charge >= 0.3 is 5.97 Å². The van der Waals surface area contributed by atoms with Crippen molar-refractivity contribution in [2.24, 2.45) is 5.92 Å². The number of nitrogens with zero attached hydrogens (tertiary/aromatic N) is 1. The lowest BCUT2D eigenvalue weighted by molar-refractivity contribution is -0.151. The number of nitrogens with one attached hydrogen (secondary N) is 1. The van der Waals surface area contributed by atoms with E-state index in [0.717, 1.165) is 11.3 Å². The number of amides is 2. The molecule has 0 aromatic heterocycles. The number of benzene rings is 2. The van der Waals surface area contributed by atoms with E-state index in [1.807, 2.05) is 55.5 Å². The summed E-state index contributed by atoms with van der Waals surface area (Å²) < 4.78 is 5.09. The van der Waals surface area contributed by atoms with Crippen LogP contribution in [0.1, 0.15) is 12.0 Å². The monoisotopic (exact) mass is 352 g/mol. The lowest BCUT2D eigenvalue weighted by atomic mass is 10.1. The Labute approximate surface area is 151 Å². The SMILES string of the molecule is Cc1cccc(NC(=O)COC(=O)[C@@H]2CC(=O)N(c3ccccc3)C2)c1. The first-order valence-electron chi connectivity index (χ1n) is 8.41. The molecule has 1 N–H and O–H groups in total. The molecule has 0 saturated carbocycles. The normalized spacial score (nSPS) is 16.4. The molecule has 1 saturated heterocycles. The van der Waals surface area contributed by atoms with Crippen LogP contribution >= 0.6 is 0 Å². The van der Waals surface area contributed by atoms with Gasteiger partial charge in [0.2, 0.25) is 5.91 Å². The number of anilines is 2. The quantitative estimate of drug-likeness (QED) is 0.839. The molecule has 1 atom stereocenters. The van der Waals surface area contributed by atoms with Gasteiger partial charge in [-0.3, -0.25) is 14.4 Å². The second-order valence-corrected chi connectivity index (χ2v) is 6.27. The van der Waals surface area contributed by atoms with Gasteiger partial charge in [0.15, 0.2) is 6.61 Å². The van der Waals surface area contributed by atoms with Crippen molar-refractivity contribution in [3.05, 3.63) is 60.2 Å². The van der Waals surface area contributed by atoms with Crippen molar-refractivity contribution < 1.29 is 19.1 Å². The van der Waals surface area contributed by atoms with Crippen molar-refractivity contribution in [1.82, 2.24) is 0 Å². The van der Waals surface area contributed by atoms with Gasteiger partial charge in [0.1, 0.15) is 0 Å². The van der Waals surface area contributed by atoms with E-state index in [1.54, 1.807) is 11.0 Å². The molecule has 3 rings (SSSR count). The summed E-state index contributed by atoms with van der Waals surface area (Å²) >= 11 is 0. The van der Waals surface area contributed by atoms with Crippen LogP contribution in [-0.2, 0) is 19.1 Å². The number of hydrogen-bond acceptors (Lipinski definition) is 4. The van der Waals surface area contributed by atoms with Gasteiger partial charge in [-0.2, -0.15) is 0 Å². The van der Waals surface area contributed by atoms with Gasteiger partial charge in [-0.25, -0.2) is 0 Å². The lowest BCUT2D eigenvalue weighted by Crippen LogP contribution is -2.28. The zero-order valence-electron chi connectivity index (χ0n) is 14.5. The van der Waals surface area contributed by atoms with Crippen LogP contribution in [0.2, 0.25) is 0 Å². The Hall–Kier alpha value is -3.15. The standard InChI is InChI=1S/C20H20N2O4/c1-14-6-5-7-16(10-14)21-18(23)13-26-20(25)15-11-19(24)22(12-15)17-8-3-2-4-9-17/h2-10,15H,11-13H2,1H3,(H,21,23)/t15-/m1/s1. The van der Waals surface area contributed by atoms with Crippen LogP contribution in [-0.4, -0.2) is 30.9 Å². The Morgan fingerprint density at radius 3 is 2.65 bits per heavy atom. The van der Waals surface area contributed by atoms with Crippen molar-refractivity contribution in [2.45, 2.75) is 13.3 Å². The average Bonchev–Trinajstić information content (AvgIpc) is 3.02. The van der Waals surface area contributed by atoms with Crippen molar-refractivity contribution >= 4 is 29.2 Å². The molecule has 0 aliphatic carbocycles. The van der Waals surface area contributed by atoms with Crippen LogP contribution in [0.25, 0.3) is 0 Å². The maximum Gasteiger partial charge on any atom is 0.311 e. The van der Waals surface area contributed by atoms with Gasteiger partial charge < -0.3 is 15.0 Å². The molecule has 1 heterocycles. The van der Waals surface area contributed by atoms with Crippen LogP contribution in [0.4, 0.5) is 11.4 Å². The second-order valence-electron chi connectivity index (χ2n) is 6.27. The molecule has 6 nitrogen and oxygen atoms in total. The Morgan fingerprint density at radius 1 is 1.15 bits per heavy atom. The fraction of sp³-hybridized carbons (Fsp3) is 0.250. The molecule has 2 amide bonds. The fourth-order valence-corrected chi connectivity index (χ4v) is 2.90. The van der Waals surface area contributed by atoms with E-state index in [2.05, 4.69) is 5.32 Å². The highest BCUT2D eigenvalue weighted by molar-refractivity contribution is 6.00. The number of ether oxygens (including phenoxy) is 1. The van der Waals surface area contributed by atoms with Crippen molar-refractivity contribution in [2.75, 3.05) is 23.4 Å². The molecule has 2 aromatic carbocycles. The second kappa shape index (κ2) is 7.82. The Bertz CT molecular complexity index is 820. The highest BCUT2D eigenvalue weighted by Gasteiger charge is 2.36. The molecule has 2 aromatic rings. The molecule has 6 heteroatoms. The highest BCUT2D eigenvalue weighted by Crippen LogP contribution is 2.25. The number of hydrogen-bond donors (Lipinski definition) is 1. The molecule has 0 spiro atoms. The van der Waals surface area contributed by atoms with Gasteiger partial charge in [0, 0.05) is 24.3 Å². The van der Waals surface area contributed by atoms with E-state index in [0.29, 0.717) is 5.69 Å². The van der Waals surface area contributed by atoms with Crippen molar-refractivity contribution in [1.29, 1.82) is 0 Å². The van der Waals surface area contributed by atoms with Crippen LogP contribution in [0.3, 0.4) is 0 Å². The molecule has 1 aliphatic heterocycles. The summed E-state index contributed by atoms with van der Waals surface area (Å²) in [6, 6.07) is 16.5. The Balaban J connectivity index is 1.51. The summed E-state index contributed by atoms with van der Waals surface area (Å²) in [6.07, 6.45) is 0.0905. The molecular formula is C20H20N2O4. The first kappa shape index (κ1) is 17.7. The molecule has 0 unspecified atom stereocenters. The summed E-state index contributed by atoms with van der Waals surface area (Å²) in [5, 5.41) is 2.68. The molecular weight excluding hydrogens is 332 g/mol. The van der Waals surface area contributed by atoms with Crippen LogP contribution in [0.5, 0.6) is 0 Å². The topological polar surface area (TPSA) is 75.7 Å². The maximum atomic E-state index is 12.2. The summed E-state index contributed by atoms with van der Waals surface area (Å²) in [5.74, 6) is -1.62. The molecule has 1 aliphatic rings. The Morgan fingerprint density at radius 2 is 1.92 bits per heavy atom. The van der Waals surface area contributed by atoms with Crippen LogP contribution in [0, 0.1) is 12.8 Å². The molecule has 1 fully saturated rings. The zero-order chi connectivity index (χ0) is 18.5. The number of carbonyl (C=O) groups is 3. The fourth-order valence-electron chi connectivity index (χ4n) is 2.90. The summed E-state index contributed by atoms with van der Waals surface area (Å²) in [7, 11) is 0. The van der Waals surface area contributed by atoms with Crippen LogP contribution < -0.4 is 10.2 Å². The minimum absolute atomic E-state index is 0.0905. The molecule has 26 heavy (non-hydrogen) atoms. The molecule has 134 valence electrons. The predicted octanol–water partition coefficient (Wildman–Crippen LogP) is 2.53. The van der Waals surface area contributed by atoms with E-state index < -0.39 is 17.8 Å². The summed E-state index contributed by atoms with van der Waals surface area (Å²) in [5.41, 5.74) is 2.42. The van der Waals surface area contributed by atoms with Gasteiger partial charge in [0.05, 0.1) is 5.92 Å². The van der Waals surface area contributed by atoms with E-state index >= 15 is 0 Å². The number of para-hydroxylation sites is 1. The molecule has 0 bridgehead atoms.